The summed E-state index contributed by atoms with van der Waals surface area (Å²) in [7, 11) is 0. The fourth-order valence-corrected chi connectivity index (χ4v) is 4.88. The van der Waals surface area contributed by atoms with Gasteiger partial charge in [-0.25, -0.2) is 4.98 Å². The zero-order chi connectivity index (χ0) is 22.0. The standard InChI is InChI=1S/C25H35N5O/c1-17(31)28-21-7-5-18(6-8-21)23-13-27-24(14-26-23)29-22-11-19-15-30(16-20(19)12-22)10-9-25(2,3)4/h5-8,13-14,19-20,22H,9-12,15-16H2,1-4H3,(H,27,29)(H,28,31)/t19-,20+,22-. The third kappa shape index (κ3) is 5.82. The Morgan fingerprint density at radius 2 is 1.74 bits per heavy atom. The summed E-state index contributed by atoms with van der Waals surface area (Å²) in [5.74, 6) is 2.41. The van der Waals surface area contributed by atoms with Gasteiger partial charge >= 0.3 is 0 Å². The number of hydrogen-bond acceptors (Lipinski definition) is 5. The second-order valence-electron chi connectivity index (χ2n) is 10.4. The number of hydrogen-bond donors (Lipinski definition) is 2. The molecule has 0 bridgehead atoms. The minimum atomic E-state index is -0.0726. The van der Waals surface area contributed by atoms with Crippen molar-refractivity contribution in [1.29, 1.82) is 0 Å². The Morgan fingerprint density at radius 1 is 1.06 bits per heavy atom. The molecule has 2 fully saturated rings. The zero-order valence-corrected chi connectivity index (χ0v) is 19.2. The summed E-state index contributed by atoms with van der Waals surface area (Å²) in [5.41, 5.74) is 3.02. The molecule has 6 nitrogen and oxygen atoms in total. The number of nitrogens with one attached hydrogen (secondary N) is 2. The Hall–Kier alpha value is -2.47. The molecule has 2 aliphatic rings. The van der Waals surface area contributed by atoms with E-state index in [4.69, 9.17) is 0 Å². The number of rotatable bonds is 6. The van der Waals surface area contributed by atoms with Crippen molar-refractivity contribution in [2.75, 3.05) is 30.3 Å². The summed E-state index contributed by atoms with van der Waals surface area (Å²) in [6, 6.07) is 8.16. The maximum atomic E-state index is 11.1. The van der Waals surface area contributed by atoms with E-state index in [1.54, 1.807) is 0 Å². The van der Waals surface area contributed by atoms with Crippen LogP contribution in [-0.4, -0.2) is 46.5 Å². The fourth-order valence-electron chi connectivity index (χ4n) is 4.88. The van der Waals surface area contributed by atoms with Gasteiger partial charge in [0.25, 0.3) is 0 Å². The second kappa shape index (κ2) is 8.95. The quantitative estimate of drug-likeness (QED) is 0.710. The van der Waals surface area contributed by atoms with E-state index in [0.29, 0.717) is 11.5 Å². The van der Waals surface area contributed by atoms with E-state index >= 15 is 0 Å². The highest BCUT2D eigenvalue weighted by atomic mass is 16.1. The van der Waals surface area contributed by atoms with Crippen LogP contribution >= 0.6 is 0 Å². The monoisotopic (exact) mass is 421 g/mol. The van der Waals surface area contributed by atoms with E-state index in [0.717, 1.165) is 34.6 Å². The third-order valence-electron chi connectivity index (χ3n) is 6.51. The molecular formula is C25H35N5O. The molecule has 0 radical (unpaired) electrons. The number of nitrogens with zero attached hydrogens (tertiary/aromatic N) is 3. The third-order valence-corrected chi connectivity index (χ3v) is 6.51. The number of anilines is 2. The highest BCUT2D eigenvalue weighted by molar-refractivity contribution is 5.88. The van der Waals surface area contributed by atoms with Crippen molar-refractivity contribution in [3.05, 3.63) is 36.7 Å². The molecule has 2 heterocycles. The lowest BCUT2D eigenvalue weighted by Crippen LogP contribution is -2.28. The lowest BCUT2D eigenvalue weighted by molar-refractivity contribution is -0.114. The first-order valence-corrected chi connectivity index (χ1v) is 11.4. The van der Waals surface area contributed by atoms with Crippen LogP contribution in [0.25, 0.3) is 11.3 Å². The maximum Gasteiger partial charge on any atom is 0.221 e. The summed E-state index contributed by atoms with van der Waals surface area (Å²) in [4.78, 5) is 23.0. The topological polar surface area (TPSA) is 70.2 Å². The summed E-state index contributed by atoms with van der Waals surface area (Å²) in [6.45, 7) is 12.2. The molecule has 6 heteroatoms. The van der Waals surface area contributed by atoms with Crippen molar-refractivity contribution in [3.8, 4) is 11.3 Å². The number of carbonyl (C=O) groups is 1. The first-order chi connectivity index (χ1) is 14.7. The van der Waals surface area contributed by atoms with Gasteiger partial charge in [-0.05, 0) is 55.2 Å². The van der Waals surface area contributed by atoms with Crippen molar-refractivity contribution in [2.45, 2.75) is 53.0 Å². The van der Waals surface area contributed by atoms with Gasteiger partial charge in [-0.1, -0.05) is 32.9 Å². The molecule has 1 aliphatic carbocycles. The Balaban J connectivity index is 1.27. The largest absolute Gasteiger partial charge is 0.366 e. The minimum absolute atomic E-state index is 0.0726. The zero-order valence-electron chi connectivity index (χ0n) is 19.2. The predicted octanol–water partition coefficient (Wildman–Crippen LogP) is 4.66. The van der Waals surface area contributed by atoms with E-state index < -0.39 is 0 Å². The van der Waals surface area contributed by atoms with E-state index in [1.807, 2.05) is 36.7 Å². The van der Waals surface area contributed by atoms with E-state index in [-0.39, 0.29) is 5.91 Å². The molecular weight excluding hydrogens is 386 g/mol. The average molecular weight is 422 g/mol. The minimum Gasteiger partial charge on any atom is -0.366 e. The van der Waals surface area contributed by atoms with Gasteiger partial charge in [0.15, 0.2) is 0 Å². The number of likely N-dealkylation sites (tertiary alicyclic amines) is 1. The molecule has 166 valence electrons. The predicted molar refractivity (Wildman–Crippen MR) is 126 cm³/mol. The van der Waals surface area contributed by atoms with E-state index in [9.17, 15) is 4.79 Å². The highest BCUT2D eigenvalue weighted by Gasteiger charge is 2.40. The molecule has 4 rings (SSSR count). The van der Waals surface area contributed by atoms with Gasteiger partial charge in [-0.3, -0.25) is 9.78 Å². The van der Waals surface area contributed by atoms with Crippen LogP contribution in [0, 0.1) is 17.3 Å². The summed E-state index contributed by atoms with van der Waals surface area (Å²) in [6.07, 6.45) is 7.38. The van der Waals surface area contributed by atoms with Crippen LogP contribution in [0.2, 0.25) is 0 Å². The van der Waals surface area contributed by atoms with Crippen LogP contribution < -0.4 is 10.6 Å². The van der Waals surface area contributed by atoms with Gasteiger partial charge in [-0.2, -0.15) is 0 Å². The van der Waals surface area contributed by atoms with Crippen molar-refractivity contribution in [2.24, 2.45) is 17.3 Å². The molecule has 1 saturated carbocycles. The Kier molecular flexibility index (Phi) is 6.28. The number of benzene rings is 1. The van der Waals surface area contributed by atoms with Crippen molar-refractivity contribution in [1.82, 2.24) is 14.9 Å². The number of aromatic nitrogens is 2. The number of carbonyl (C=O) groups excluding carboxylic acids is 1. The SMILES string of the molecule is CC(=O)Nc1ccc(-c2cnc(N[C@@H]3C[C@@H]4CN(CCC(C)(C)C)C[C@@H]4C3)cn2)cc1. The van der Waals surface area contributed by atoms with Crippen LogP contribution in [0.5, 0.6) is 0 Å². The van der Waals surface area contributed by atoms with Crippen LogP contribution in [0.4, 0.5) is 11.5 Å². The molecule has 3 atom stereocenters. The number of fused-ring (bicyclic) bond motifs is 1. The second-order valence-corrected chi connectivity index (χ2v) is 10.4. The molecule has 1 amide bonds. The summed E-state index contributed by atoms with van der Waals surface area (Å²) in [5, 5.41) is 6.39. The molecule has 1 aliphatic heterocycles. The van der Waals surface area contributed by atoms with Gasteiger partial charge in [0, 0.05) is 37.3 Å². The first kappa shape index (κ1) is 21.8. The van der Waals surface area contributed by atoms with Crippen LogP contribution in [0.15, 0.2) is 36.7 Å². The molecule has 2 N–H and O–H groups in total. The maximum absolute atomic E-state index is 11.1. The fraction of sp³-hybridized carbons (Fsp3) is 0.560. The van der Waals surface area contributed by atoms with Gasteiger partial charge < -0.3 is 15.5 Å². The summed E-state index contributed by atoms with van der Waals surface area (Å²) < 4.78 is 0. The molecule has 0 spiro atoms. The van der Waals surface area contributed by atoms with Crippen LogP contribution in [0.3, 0.4) is 0 Å². The van der Waals surface area contributed by atoms with Crippen molar-refractivity contribution >= 4 is 17.4 Å². The molecule has 1 aromatic carbocycles. The molecule has 1 aromatic heterocycles. The van der Waals surface area contributed by atoms with Gasteiger partial charge in [0.05, 0.1) is 18.1 Å². The molecule has 2 aromatic rings. The smallest absolute Gasteiger partial charge is 0.221 e. The Bertz CT molecular complexity index is 874. The van der Waals surface area contributed by atoms with Crippen molar-refractivity contribution in [3.63, 3.8) is 0 Å². The summed E-state index contributed by atoms with van der Waals surface area (Å²) >= 11 is 0. The van der Waals surface area contributed by atoms with Crippen LogP contribution in [-0.2, 0) is 4.79 Å². The van der Waals surface area contributed by atoms with Crippen LogP contribution in [0.1, 0.15) is 47.0 Å². The lowest BCUT2D eigenvalue weighted by atomic mass is 9.92. The van der Waals surface area contributed by atoms with E-state index in [2.05, 4.69) is 46.3 Å². The molecule has 0 unspecified atom stereocenters. The van der Waals surface area contributed by atoms with Crippen molar-refractivity contribution < 1.29 is 4.79 Å². The highest BCUT2D eigenvalue weighted by Crippen LogP contribution is 2.39. The average Bonchev–Trinajstić information content (AvgIpc) is 3.25. The van der Waals surface area contributed by atoms with Gasteiger partial charge in [0.2, 0.25) is 5.91 Å². The van der Waals surface area contributed by atoms with E-state index in [1.165, 1.54) is 45.8 Å². The number of amides is 1. The van der Waals surface area contributed by atoms with Gasteiger partial charge in [0.1, 0.15) is 5.82 Å². The molecule has 31 heavy (non-hydrogen) atoms. The Labute approximate surface area is 185 Å². The normalized spacial score (nSPS) is 23.5. The van der Waals surface area contributed by atoms with Gasteiger partial charge in [-0.15, -0.1) is 0 Å². The lowest BCUT2D eigenvalue weighted by Gasteiger charge is -2.24. The first-order valence-electron chi connectivity index (χ1n) is 11.4. The molecule has 1 saturated heterocycles. The Morgan fingerprint density at radius 3 is 2.29 bits per heavy atom.